The van der Waals surface area contributed by atoms with Crippen LogP contribution in [0.3, 0.4) is 0 Å². The molecule has 0 saturated heterocycles. The van der Waals surface area contributed by atoms with Gasteiger partial charge >= 0.3 is 0 Å². The van der Waals surface area contributed by atoms with Gasteiger partial charge in [-0.3, -0.25) is 0 Å². The first-order chi connectivity index (χ1) is 4.68. The summed E-state index contributed by atoms with van der Waals surface area (Å²) in [5.41, 5.74) is 0.862. The molecule has 0 aliphatic carbocycles. The highest BCUT2D eigenvalue weighted by atomic mass is 32.1. The number of hydrogen-bond acceptors (Lipinski definition) is 4. The zero-order valence-electron chi connectivity index (χ0n) is 5.46. The van der Waals surface area contributed by atoms with Crippen molar-refractivity contribution in [2.45, 2.75) is 13.3 Å². The number of carbonyl (C=O) groups is 1. The molecule has 0 amide bonds. The molecule has 0 aromatic carbocycles. The SMILES string of the molecule is Cc1csc(CC(=O)[O-])n1. The van der Waals surface area contributed by atoms with Crippen molar-refractivity contribution in [2.75, 3.05) is 0 Å². The third-order valence-corrected chi connectivity index (χ3v) is 1.93. The van der Waals surface area contributed by atoms with E-state index in [2.05, 4.69) is 4.98 Å². The molecule has 0 aliphatic heterocycles. The Kier molecular flexibility index (Phi) is 2.01. The Morgan fingerprint density at radius 2 is 2.60 bits per heavy atom. The van der Waals surface area contributed by atoms with Crippen molar-refractivity contribution in [3.63, 3.8) is 0 Å². The van der Waals surface area contributed by atoms with Crippen LogP contribution in [0.1, 0.15) is 10.7 Å². The van der Waals surface area contributed by atoms with Gasteiger partial charge < -0.3 is 9.90 Å². The molecular weight excluding hydrogens is 150 g/mol. The largest absolute Gasteiger partial charge is 0.550 e. The van der Waals surface area contributed by atoms with Gasteiger partial charge in [-0.1, -0.05) is 0 Å². The van der Waals surface area contributed by atoms with E-state index < -0.39 is 5.97 Å². The third kappa shape index (κ3) is 1.80. The van der Waals surface area contributed by atoms with Gasteiger partial charge in [0.25, 0.3) is 0 Å². The Labute approximate surface area is 62.3 Å². The van der Waals surface area contributed by atoms with Crippen LogP contribution in [0, 0.1) is 6.92 Å². The number of carboxylic acids is 1. The molecule has 1 aromatic rings. The lowest BCUT2D eigenvalue weighted by atomic mass is 10.4. The molecule has 0 saturated carbocycles. The van der Waals surface area contributed by atoms with Crippen LogP contribution in [-0.2, 0) is 11.2 Å². The maximum atomic E-state index is 10.0. The predicted octanol–water partition coefficient (Wildman–Crippen LogP) is -0.256. The van der Waals surface area contributed by atoms with Crippen molar-refractivity contribution in [1.82, 2.24) is 4.98 Å². The first-order valence-electron chi connectivity index (χ1n) is 2.79. The standard InChI is InChI=1S/C6H7NO2S/c1-4-3-10-5(7-4)2-6(8)9/h3H,2H2,1H3,(H,8,9)/p-1. The highest BCUT2D eigenvalue weighted by Crippen LogP contribution is 2.08. The Morgan fingerprint density at radius 3 is 3.00 bits per heavy atom. The summed E-state index contributed by atoms with van der Waals surface area (Å²) in [5, 5.41) is 12.5. The molecule has 1 heterocycles. The van der Waals surface area contributed by atoms with E-state index in [9.17, 15) is 9.90 Å². The second-order valence-electron chi connectivity index (χ2n) is 1.93. The van der Waals surface area contributed by atoms with Crippen molar-refractivity contribution in [3.05, 3.63) is 16.1 Å². The van der Waals surface area contributed by atoms with Crippen molar-refractivity contribution in [1.29, 1.82) is 0 Å². The second kappa shape index (κ2) is 2.79. The van der Waals surface area contributed by atoms with Crippen LogP contribution in [0.4, 0.5) is 0 Å². The van der Waals surface area contributed by atoms with Gasteiger partial charge in [0.2, 0.25) is 0 Å². The van der Waals surface area contributed by atoms with Crippen molar-refractivity contribution < 1.29 is 9.90 Å². The average molecular weight is 156 g/mol. The molecule has 54 valence electrons. The minimum Gasteiger partial charge on any atom is -0.550 e. The topological polar surface area (TPSA) is 53.0 Å². The number of thiazole rings is 1. The molecular formula is C6H6NO2S-. The Bertz CT molecular complexity index is 244. The van der Waals surface area contributed by atoms with Crippen molar-refractivity contribution in [2.24, 2.45) is 0 Å². The number of carbonyl (C=O) groups excluding carboxylic acids is 1. The molecule has 10 heavy (non-hydrogen) atoms. The average Bonchev–Trinajstić information content (AvgIpc) is 2.13. The Hall–Kier alpha value is -0.900. The van der Waals surface area contributed by atoms with Gasteiger partial charge in [-0.05, 0) is 6.92 Å². The van der Waals surface area contributed by atoms with E-state index in [0.717, 1.165) is 5.69 Å². The molecule has 0 N–H and O–H groups in total. The monoisotopic (exact) mass is 156 g/mol. The molecule has 0 radical (unpaired) electrons. The Morgan fingerprint density at radius 1 is 1.90 bits per heavy atom. The van der Waals surface area contributed by atoms with Gasteiger partial charge in [-0.25, -0.2) is 4.98 Å². The maximum Gasteiger partial charge on any atom is 0.0984 e. The van der Waals surface area contributed by atoms with Crippen molar-refractivity contribution in [3.8, 4) is 0 Å². The summed E-state index contributed by atoms with van der Waals surface area (Å²) < 4.78 is 0. The fourth-order valence-electron chi connectivity index (χ4n) is 0.607. The van der Waals surface area contributed by atoms with E-state index in [1.807, 2.05) is 12.3 Å². The summed E-state index contributed by atoms with van der Waals surface area (Å²) >= 11 is 1.35. The lowest BCUT2D eigenvalue weighted by Crippen LogP contribution is -2.24. The minimum absolute atomic E-state index is 0.0709. The van der Waals surface area contributed by atoms with E-state index in [1.54, 1.807) is 0 Å². The van der Waals surface area contributed by atoms with Gasteiger partial charge in [0.05, 0.1) is 5.01 Å². The number of aliphatic carboxylic acids is 1. The quantitative estimate of drug-likeness (QED) is 0.593. The molecule has 0 atom stereocenters. The summed E-state index contributed by atoms with van der Waals surface area (Å²) in [4.78, 5) is 14.0. The molecule has 1 aromatic heterocycles. The number of carboxylic acid groups (broad SMARTS) is 1. The molecule has 0 aliphatic rings. The van der Waals surface area contributed by atoms with Crippen LogP contribution in [0.25, 0.3) is 0 Å². The van der Waals surface area contributed by atoms with Crippen LogP contribution in [0.5, 0.6) is 0 Å². The molecule has 4 heteroatoms. The zero-order chi connectivity index (χ0) is 7.56. The molecule has 0 bridgehead atoms. The smallest absolute Gasteiger partial charge is 0.0984 e. The number of aryl methyl sites for hydroxylation is 1. The summed E-state index contributed by atoms with van der Waals surface area (Å²) in [6, 6.07) is 0. The van der Waals surface area contributed by atoms with Crippen LogP contribution < -0.4 is 5.11 Å². The van der Waals surface area contributed by atoms with Crippen LogP contribution in [0.2, 0.25) is 0 Å². The number of hydrogen-bond donors (Lipinski definition) is 0. The fraction of sp³-hybridized carbons (Fsp3) is 0.333. The van der Waals surface area contributed by atoms with Crippen molar-refractivity contribution >= 4 is 17.3 Å². The molecule has 0 unspecified atom stereocenters. The summed E-state index contributed by atoms with van der Waals surface area (Å²) in [7, 11) is 0. The van der Waals surface area contributed by atoms with E-state index in [4.69, 9.17) is 0 Å². The highest BCUT2D eigenvalue weighted by molar-refractivity contribution is 7.09. The zero-order valence-corrected chi connectivity index (χ0v) is 6.27. The van der Waals surface area contributed by atoms with Gasteiger partial charge in [0, 0.05) is 23.5 Å². The first kappa shape index (κ1) is 7.21. The van der Waals surface area contributed by atoms with Gasteiger partial charge in [0.15, 0.2) is 0 Å². The first-order valence-corrected chi connectivity index (χ1v) is 3.67. The molecule has 1 rings (SSSR count). The van der Waals surface area contributed by atoms with E-state index in [-0.39, 0.29) is 6.42 Å². The van der Waals surface area contributed by atoms with E-state index in [0.29, 0.717) is 5.01 Å². The van der Waals surface area contributed by atoms with Gasteiger partial charge in [0.1, 0.15) is 0 Å². The third-order valence-electron chi connectivity index (χ3n) is 0.962. The lowest BCUT2D eigenvalue weighted by molar-refractivity contribution is -0.304. The molecule has 0 spiro atoms. The van der Waals surface area contributed by atoms with Gasteiger partial charge in [-0.15, -0.1) is 11.3 Å². The van der Waals surface area contributed by atoms with Crippen LogP contribution >= 0.6 is 11.3 Å². The Balaban J connectivity index is 2.67. The second-order valence-corrected chi connectivity index (χ2v) is 2.87. The number of nitrogens with zero attached hydrogens (tertiary/aromatic N) is 1. The number of aromatic nitrogens is 1. The number of rotatable bonds is 2. The predicted molar refractivity (Wildman–Crippen MR) is 35.6 cm³/mol. The van der Waals surface area contributed by atoms with Gasteiger partial charge in [-0.2, -0.15) is 0 Å². The summed E-state index contributed by atoms with van der Waals surface area (Å²) in [6.45, 7) is 1.83. The lowest BCUT2D eigenvalue weighted by Gasteiger charge is -1.94. The highest BCUT2D eigenvalue weighted by Gasteiger charge is 1.96. The summed E-state index contributed by atoms with van der Waals surface area (Å²) in [6.07, 6.45) is -0.0709. The maximum absolute atomic E-state index is 10.0. The van der Waals surface area contributed by atoms with E-state index in [1.165, 1.54) is 11.3 Å². The van der Waals surface area contributed by atoms with E-state index >= 15 is 0 Å². The van der Waals surface area contributed by atoms with Crippen LogP contribution in [-0.4, -0.2) is 11.0 Å². The normalized spacial score (nSPS) is 9.70. The molecule has 0 fully saturated rings. The van der Waals surface area contributed by atoms with Crippen LogP contribution in [0.15, 0.2) is 5.38 Å². The minimum atomic E-state index is -1.07. The summed E-state index contributed by atoms with van der Waals surface area (Å²) in [5.74, 6) is -1.07. The fourth-order valence-corrected chi connectivity index (χ4v) is 1.36. The molecule has 3 nitrogen and oxygen atoms in total.